The Hall–Kier alpha value is -2.57. The van der Waals surface area contributed by atoms with Gasteiger partial charge in [-0.05, 0) is 25.0 Å². The number of hydrogen-bond acceptors (Lipinski definition) is 8. The van der Waals surface area contributed by atoms with Crippen LogP contribution in [-0.4, -0.2) is 85.6 Å². The summed E-state index contributed by atoms with van der Waals surface area (Å²) in [6.07, 6.45) is 4.09. The number of carbonyl (C=O) groups excluding carboxylic acids is 1. The molecule has 0 aromatic carbocycles. The molecular weight excluding hydrogens is 465 g/mol. The molecule has 1 aliphatic carbocycles. The van der Waals surface area contributed by atoms with Gasteiger partial charge in [-0.2, -0.15) is 0 Å². The third-order valence-electron chi connectivity index (χ3n) is 5.23. The van der Waals surface area contributed by atoms with Crippen LogP contribution in [0, 0.1) is 0 Å². The average molecular weight is 492 g/mol. The first kappa shape index (κ1) is 27.5. The quantitative estimate of drug-likeness (QED) is 0.114. The summed E-state index contributed by atoms with van der Waals surface area (Å²) in [6.45, 7) is -1.07. The molecule has 1 unspecified atom stereocenters. The maximum atomic E-state index is 11.6. The molecule has 1 radical (unpaired) electrons. The zero-order valence-corrected chi connectivity index (χ0v) is 18.5. The number of nitrogens with zero attached hydrogens (tertiary/aromatic N) is 3. The smallest absolute Gasteiger partial charge is 0.480 e. The van der Waals surface area contributed by atoms with Gasteiger partial charge < -0.3 is 15.3 Å². The molecule has 0 spiro atoms. The Morgan fingerprint density at radius 1 is 0.938 bits per heavy atom. The van der Waals surface area contributed by atoms with Crippen LogP contribution in [0.1, 0.15) is 41.7 Å². The number of nitrogen functional groups attached to an aromatic ring is 1. The van der Waals surface area contributed by atoms with Crippen LogP contribution in [0.15, 0.2) is 18.3 Å². The van der Waals surface area contributed by atoms with Gasteiger partial charge in [0.05, 0.1) is 30.9 Å². The van der Waals surface area contributed by atoms with E-state index in [1.54, 1.807) is 11.0 Å². The Morgan fingerprint density at radius 2 is 1.44 bits per heavy atom. The van der Waals surface area contributed by atoms with Crippen LogP contribution in [0.25, 0.3) is 0 Å². The van der Waals surface area contributed by atoms with Crippen LogP contribution in [0.3, 0.4) is 0 Å². The number of aromatic nitrogens is 1. The molecule has 2 rings (SSSR count). The number of pyridine rings is 1. The molecule has 175 valence electrons. The number of carboxylic acid groups (broad SMARTS) is 3. The Morgan fingerprint density at radius 3 is 1.88 bits per heavy atom. The Kier molecular flexibility index (Phi) is 11.2. The van der Waals surface area contributed by atoms with Crippen molar-refractivity contribution in [2.75, 3.05) is 19.6 Å². The van der Waals surface area contributed by atoms with E-state index < -0.39 is 42.9 Å². The second kappa shape index (κ2) is 13.1. The fourth-order valence-corrected chi connectivity index (χ4v) is 3.99. The molecule has 1 heterocycles. The summed E-state index contributed by atoms with van der Waals surface area (Å²) in [6, 6.07) is 2.31. The van der Waals surface area contributed by atoms with Gasteiger partial charge in [-0.15, -0.1) is 0 Å². The summed E-state index contributed by atoms with van der Waals surface area (Å²) in [7, 11) is 0. The van der Waals surface area contributed by atoms with E-state index >= 15 is 0 Å². The number of aliphatic carboxylic acids is 3. The van der Waals surface area contributed by atoms with Gasteiger partial charge in [-0.3, -0.25) is 39.4 Å². The van der Waals surface area contributed by atoms with Gasteiger partial charge in [-0.1, -0.05) is 12.8 Å². The maximum absolute atomic E-state index is 11.6. The van der Waals surface area contributed by atoms with Crippen LogP contribution < -0.4 is 11.3 Å². The topological polar surface area (TPSA) is 186 Å². The predicted octanol–water partition coefficient (Wildman–Crippen LogP) is -0.648. The second-order valence-electron chi connectivity index (χ2n) is 7.42. The molecule has 1 amide bonds. The van der Waals surface area contributed by atoms with Crippen molar-refractivity contribution in [2.45, 2.75) is 44.3 Å². The van der Waals surface area contributed by atoms with Crippen molar-refractivity contribution in [2.24, 2.45) is 5.84 Å². The Balaban J connectivity index is 0.00000512. The summed E-state index contributed by atoms with van der Waals surface area (Å²) < 4.78 is 0. The third-order valence-corrected chi connectivity index (χ3v) is 5.23. The van der Waals surface area contributed by atoms with E-state index in [0.29, 0.717) is 18.5 Å². The monoisotopic (exact) mass is 492 g/mol. The van der Waals surface area contributed by atoms with E-state index in [2.05, 4.69) is 4.98 Å². The molecular formula is C19H27MnN5O7+2. The molecule has 6 N–H and O–H groups in total. The summed E-state index contributed by atoms with van der Waals surface area (Å²) >= 11 is 0. The van der Waals surface area contributed by atoms with E-state index in [0.717, 1.165) is 12.8 Å². The molecule has 32 heavy (non-hydrogen) atoms. The summed E-state index contributed by atoms with van der Waals surface area (Å²) in [5.74, 6) is 1.23. The van der Waals surface area contributed by atoms with Crippen LogP contribution in [0.5, 0.6) is 0 Å². The fraction of sp³-hybridized carbons (Fsp3) is 0.526. The van der Waals surface area contributed by atoms with Crippen molar-refractivity contribution >= 4 is 23.8 Å². The van der Waals surface area contributed by atoms with Crippen molar-refractivity contribution in [1.82, 2.24) is 20.2 Å². The van der Waals surface area contributed by atoms with Gasteiger partial charge in [0.15, 0.2) is 0 Å². The molecule has 0 bridgehead atoms. The van der Waals surface area contributed by atoms with Gasteiger partial charge in [0.25, 0.3) is 5.91 Å². The third kappa shape index (κ3) is 8.17. The van der Waals surface area contributed by atoms with Crippen LogP contribution >= 0.6 is 0 Å². The second-order valence-corrected chi connectivity index (χ2v) is 7.42. The molecule has 13 heteroatoms. The normalized spacial score (nSPS) is 18.1. The molecule has 12 nitrogen and oxygen atoms in total. The van der Waals surface area contributed by atoms with Crippen molar-refractivity contribution in [3.05, 3.63) is 29.6 Å². The molecule has 1 fully saturated rings. The minimum absolute atomic E-state index is 0. The van der Waals surface area contributed by atoms with E-state index in [9.17, 15) is 34.5 Å². The van der Waals surface area contributed by atoms with Crippen molar-refractivity contribution in [3.63, 3.8) is 0 Å². The minimum Gasteiger partial charge on any atom is -0.480 e. The summed E-state index contributed by atoms with van der Waals surface area (Å²) in [5, 5.41) is 27.9. The molecule has 0 saturated heterocycles. The van der Waals surface area contributed by atoms with Gasteiger partial charge in [0, 0.05) is 24.8 Å². The SMILES string of the molecule is NNC(=O)c1ccc(CN(CC(=O)O)[C@H]2CCCCC2N(CC(=O)O)CC(=O)O)nc1.[Mn+2]. The molecule has 0 aliphatic heterocycles. The Bertz CT molecular complexity index is 792. The molecule has 1 aromatic rings. The zero-order valence-electron chi connectivity index (χ0n) is 17.3. The van der Waals surface area contributed by atoms with Gasteiger partial charge in [0.2, 0.25) is 0 Å². The number of carboxylic acids is 3. The first-order chi connectivity index (χ1) is 14.7. The number of nitrogens with two attached hydrogens (primary N) is 1. The predicted molar refractivity (Wildman–Crippen MR) is 107 cm³/mol. The van der Waals surface area contributed by atoms with Gasteiger partial charge in [0.1, 0.15) is 0 Å². The van der Waals surface area contributed by atoms with E-state index in [1.165, 1.54) is 17.2 Å². The fourth-order valence-electron chi connectivity index (χ4n) is 3.99. The number of rotatable bonds is 11. The number of amides is 1. The van der Waals surface area contributed by atoms with Crippen molar-refractivity contribution in [3.8, 4) is 0 Å². The zero-order chi connectivity index (χ0) is 23.0. The van der Waals surface area contributed by atoms with Crippen LogP contribution in [0.2, 0.25) is 0 Å². The van der Waals surface area contributed by atoms with Gasteiger partial charge in [-0.25, -0.2) is 5.84 Å². The molecule has 2 atom stereocenters. The summed E-state index contributed by atoms with van der Waals surface area (Å²) in [5.41, 5.74) is 2.77. The number of hydrazine groups is 1. The number of carbonyl (C=O) groups is 4. The van der Waals surface area contributed by atoms with E-state index in [-0.39, 0.29) is 41.8 Å². The van der Waals surface area contributed by atoms with E-state index in [1.807, 2.05) is 5.43 Å². The van der Waals surface area contributed by atoms with Crippen molar-refractivity contribution in [1.29, 1.82) is 0 Å². The maximum Gasteiger partial charge on any atom is 2.00 e. The van der Waals surface area contributed by atoms with Crippen LogP contribution in [0.4, 0.5) is 0 Å². The van der Waals surface area contributed by atoms with Gasteiger partial charge >= 0.3 is 35.0 Å². The largest absolute Gasteiger partial charge is 2.00 e. The standard InChI is InChI=1S/C19H27N5O7.Mn/c20-22-19(31)12-5-6-13(21-7-12)8-23(9-16(25)26)14-3-1-2-4-15(14)24(10-17(27)28)11-18(29)30;/h5-7,14-15H,1-4,8-11,20H2,(H,22,31)(H,25,26)(H,27,28)(H,29,30);/q;+2/t14-,15?;/m0./s1. The first-order valence-electron chi connectivity index (χ1n) is 9.80. The van der Waals surface area contributed by atoms with E-state index in [4.69, 9.17) is 5.84 Å². The first-order valence-corrected chi connectivity index (χ1v) is 9.80. The average Bonchev–Trinajstić information content (AvgIpc) is 2.72. The van der Waals surface area contributed by atoms with Crippen LogP contribution in [-0.2, 0) is 38.0 Å². The molecule has 1 saturated carbocycles. The Labute approximate surface area is 195 Å². The molecule has 1 aromatic heterocycles. The molecule has 1 aliphatic rings. The number of hydrogen-bond donors (Lipinski definition) is 5. The minimum atomic E-state index is -1.15. The van der Waals surface area contributed by atoms with Crippen molar-refractivity contribution < 1.29 is 51.6 Å². The number of nitrogens with one attached hydrogen (secondary N) is 1. The summed E-state index contributed by atoms with van der Waals surface area (Å²) in [4.78, 5) is 52.9.